The number of methoxy groups -OCH3 is 1. The van der Waals surface area contributed by atoms with E-state index in [-0.39, 0.29) is 0 Å². The van der Waals surface area contributed by atoms with Crippen LogP contribution in [0.2, 0.25) is 0 Å². The lowest BCUT2D eigenvalue weighted by Gasteiger charge is -2.10. The van der Waals surface area contributed by atoms with Crippen LogP contribution >= 0.6 is 15.9 Å². The van der Waals surface area contributed by atoms with Crippen molar-refractivity contribution in [3.8, 4) is 5.88 Å². The van der Waals surface area contributed by atoms with Crippen LogP contribution in [0.3, 0.4) is 0 Å². The Bertz CT molecular complexity index is 321. The van der Waals surface area contributed by atoms with Gasteiger partial charge in [0.25, 0.3) is 0 Å². The van der Waals surface area contributed by atoms with Crippen molar-refractivity contribution in [3.63, 3.8) is 0 Å². The van der Waals surface area contributed by atoms with E-state index in [9.17, 15) is 0 Å². The Morgan fingerprint density at radius 2 is 2.07 bits per heavy atom. The molecule has 3 heteroatoms. The minimum Gasteiger partial charge on any atom is -0.480 e. The lowest BCUT2D eigenvalue weighted by Crippen LogP contribution is -1.98. The van der Waals surface area contributed by atoms with Gasteiger partial charge in [-0.25, -0.2) is 4.98 Å². The molecule has 1 aliphatic carbocycles. The molecule has 2 nitrogen and oxygen atoms in total. The summed E-state index contributed by atoms with van der Waals surface area (Å²) in [5.41, 5.74) is 1.18. The maximum atomic E-state index is 5.19. The molecule has 1 aliphatic rings. The third-order valence-electron chi connectivity index (χ3n) is 2.80. The number of hydrogen-bond donors (Lipinski definition) is 0. The first-order valence-electron chi connectivity index (χ1n) is 5.01. The van der Waals surface area contributed by atoms with Crippen LogP contribution in [0.4, 0.5) is 0 Å². The van der Waals surface area contributed by atoms with Crippen molar-refractivity contribution in [1.29, 1.82) is 0 Å². The lowest BCUT2D eigenvalue weighted by atomic mass is 10.0. The van der Waals surface area contributed by atoms with Gasteiger partial charge in [0.1, 0.15) is 0 Å². The van der Waals surface area contributed by atoms with E-state index >= 15 is 0 Å². The number of rotatable bonds is 2. The zero-order valence-electron chi connectivity index (χ0n) is 8.29. The van der Waals surface area contributed by atoms with Crippen molar-refractivity contribution in [1.82, 2.24) is 4.98 Å². The standard InChI is InChI=1S/C11H14BrNO/c1-14-11-9(12)6-7-10(13-11)8-4-2-3-5-8/h6-8H,2-5H2,1H3. The van der Waals surface area contributed by atoms with Gasteiger partial charge in [0.2, 0.25) is 5.88 Å². The van der Waals surface area contributed by atoms with Gasteiger partial charge in [0.15, 0.2) is 0 Å². The molecule has 14 heavy (non-hydrogen) atoms. The van der Waals surface area contributed by atoms with Gasteiger partial charge in [-0.15, -0.1) is 0 Å². The van der Waals surface area contributed by atoms with Crippen molar-refractivity contribution in [2.24, 2.45) is 0 Å². The van der Waals surface area contributed by atoms with Gasteiger partial charge in [0, 0.05) is 11.6 Å². The van der Waals surface area contributed by atoms with Gasteiger partial charge in [-0.05, 0) is 40.9 Å². The Morgan fingerprint density at radius 3 is 2.71 bits per heavy atom. The van der Waals surface area contributed by atoms with Crippen molar-refractivity contribution >= 4 is 15.9 Å². The molecular weight excluding hydrogens is 242 g/mol. The molecule has 0 atom stereocenters. The van der Waals surface area contributed by atoms with Crippen LogP contribution in [0.15, 0.2) is 16.6 Å². The number of hydrogen-bond acceptors (Lipinski definition) is 2. The summed E-state index contributed by atoms with van der Waals surface area (Å²) in [5.74, 6) is 1.35. The van der Waals surface area contributed by atoms with E-state index in [2.05, 4.69) is 27.0 Å². The van der Waals surface area contributed by atoms with Gasteiger partial charge < -0.3 is 4.74 Å². The van der Waals surface area contributed by atoms with Crippen molar-refractivity contribution in [2.75, 3.05) is 7.11 Å². The molecule has 1 fully saturated rings. The minimum absolute atomic E-state index is 0.650. The highest BCUT2D eigenvalue weighted by atomic mass is 79.9. The van der Waals surface area contributed by atoms with Crippen LogP contribution in [0.5, 0.6) is 5.88 Å². The van der Waals surface area contributed by atoms with Crippen LogP contribution in [0.1, 0.15) is 37.3 Å². The lowest BCUT2D eigenvalue weighted by molar-refractivity contribution is 0.392. The molecule has 0 aromatic carbocycles. The van der Waals surface area contributed by atoms with E-state index < -0.39 is 0 Å². The van der Waals surface area contributed by atoms with Gasteiger partial charge in [-0.3, -0.25) is 0 Å². The van der Waals surface area contributed by atoms with Crippen molar-refractivity contribution in [2.45, 2.75) is 31.6 Å². The maximum Gasteiger partial charge on any atom is 0.227 e. The molecule has 0 unspecified atom stereocenters. The highest BCUT2D eigenvalue weighted by molar-refractivity contribution is 9.10. The van der Waals surface area contributed by atoms with E-state index in [0.717, 1.165) is 4.47 Å². The molecule has 76 valence electrons. The second-order valence-electron chi connectivity index (χ2n) is 3.71. The minimum atomic E-state index is 0.650. The summed E-state index contributed by atoms with van der Waals surface area (Å²) < 4.78 is 6.12. The maximum absolute atomic E-state index is 5.19. The fourth-order valence-electron chi connectivity index (χ4n) is 2.03. The summed E-state index contributed by atoms with van der Waals surface area (Å²) >= 11 is 3.41. The first-order valence-corrected chi connectivity index (χ1v) is 5.81. The summed E-state index contributed by atoms with van der Waals surface area (Å²) in [7, 11) is 1.66. The predicted molar refractivity (Wildman–Crippen MR) is 59.7 cm³/mol. The van der Waals surface area contributed by atoms with E-state index in [1.165, 1.54) is 31.4 Å². The van der Waals surface area contributed by atoms with Crippen LogP contribution < -0.4 is 4.74 Å². The largest absolute Gasteiger partial charge is 0.480 e. The van der Waals surface area contributed by atoms with Crippen LogP contribution in [-0.2, 0) is 0 Å². The second-order valence-corrected chi connectivity index (χ2v) is 4.56. The van der Waals surface area contributed by atoms with Gasteiger partial charge in [0.05, 0.1) is 11.6 Å². The molecular formula is C11H14BrNO. The Hall–Kier alpha value is -0.570. The molecule has 0 bridgehead atoms. The monoisotopic (exact) mass is 255 g/mol. The van der Waals surface area contributed by atoms with E-state index in [1.807, 2.05) is 6.07 Å². The molecule has 2 rings (SSSR count). The van der Waals surface area contributed by atoms with Gasteiger partial charge >= 0.3 is 0 Å². The molecule has 0 radical (unpaired) electrons. The molecule has 0 N–H and O–H groups in total. The highest BCUT2D eigenvalue weighted by Gasteiger charge is 2.19. The van der Waals surface area contributed by atoms with Crippen LogP contribution in [0.25, 0.3) is 0 Å². The third kappa shape index (κ3) is 1.92. The van der Waals surface area contributed by atoms with Crippen LogP contribution in [0, 0.1) is 0 Å². The molecule has 1 saturated carbocycles. The molecule has 0 saturated heterocycles. The number of halogens is 1. The molecule has 1 aromatic rings. The van der Waals surface area contributed by atoms with Crippen molar-refractivity contribution in [3.05, 3.63) is 22.3 Å². The first kappa shape index (κ1) is 9.97. The SMILES string of the molecule is COc1nc(C2CCCC2)ccc1Br. The topological polar surface area (TPSA) is 22.1 Å². The number of aromatic nitrogens is 1. The van der Waals surface area contributed by atoms with E-state index in [1.54, 1.807) is 7.11 Å². The van der Waals surface area contributed by atoms with E-state index in [4.69, 9.17) is 4.74 Å². The molecule has 0 amide bonds. The van der Waals surface area contributed by atoms with Crippen molar-refractivity contribution < 1.29 is 4.74 Å². The summed E-state index contributed by atoms with van der Waals surface area (Å²) in [5, 5.41) is 0. The first-order chi connectivity index (χ1) is 6.81. The molecule has 1 aromatic heterocycles. The highest BCUT2D eigenvalue weighted by Crippen LogP contribution is 2.35. The zero-order chi connectivity index (χ0) is 9.97. The van der Waals surface area contributed by atoms with Gasteiger partial charge in [-0.2, -0.15) is 0 Å². The Labute approximate surface area is 92.8 Å². The quantitative estimate of drug-likeness (QED) is 0.807. The fraction of sp³-hybridized carbons (Fsp3) is 0.545. The predicted octanol–water partition coefficient (Wildman–Crippen LogP) is 3.51. The molecule has 1 heterocycles. The van der Waals surface area contributed by atoms with Gasteiger partial charge in [-0.1, -0.05) is 12.8 Å². The molecule has 0 aliphatic heterocycles. The summed E-state index contributed by atoms with van der Waals surface area (Å²) in [6.07, 6.45) is 5.23. The smallest absolute Gasteiger partial charge is 0.227 e. The normalized spacial score (nSPS) is 17.3. The molecule has 0 spiro atoms. The number of pyridine rings is 1. The summed E-state index contributed by atoms with van der Waals surface area (Å²) in [6.45, 7) is 0. The Kier molecular flexibility index (Phi) is 3.06. The average Bonchev–Trinajstić information content (AvgIpc) is 2.71. The average molecular weight is 256 g/mol. The zero-order valence-corrected chi connectivity index (χ0v) is 9.88. The fourth-order valence-corrected chi connectivity index (χ4v) is 2.41. The van der Waals surface area contributed by atoms with Crippen LogP contribution in [-0.4, -0.2) is 12.1 Å². The Balaban J connectivity index is 2.25. The number of ether oxygens (including phenoxy) is 1. The summed E-state index contributed by atoms with van der Waals surface area (Å²) in [4.78, 5) is 4.50. The van der Waals surface area contributed by atoms with E-state index in [0.29, 0.717) is 11.8 Å². The summed E-state index contributed by atoms with van der Waals surface area (Å²) in [6, 6.07) is 4.13. The number of nitrogens with zero attached hydrogens (tertiary/aromatic N) is 1. The third-order valence-corrected chi connectivity index (χ3v) is 3.41. The Morgan fingerprint density at radius 1 is 1.36 bits per heavy atom. The second kappa shape index (κ2) is 4.30.